The zero-order valence-electron chi connectivity index (χ0n) is 11.8. The number of aryl methyl sites for hydroxylation is 1. The molecular formula is C16H14FIN2O2. The number of amides is 2. The van der Waals surface area contributed by atoms with Crippen molar-refractivity contribution in [3.63, 3.8) is 0 Å². The van der Waals surface area contributed by atoms with Crippen LogP contribution in [0.2, 0.25) is 0 Å². The maximum atomic E-state index is 12.8. The van der Waals surface area contributed by atoms with E-state index in [2.05, 4.69) is 33.2 Å². The summed E-state index contributed by atoms with van der Waals surface area (Å²) < 4.78 is 13.8. The molecule has 0 saturated carbocycles. The second kappa shape index (κ2) is 7.35. The van der Waals surface area contributed by atoms with Crippen LogP contribution in [-0.4, -0.2) is 18.4 Å². The number of nitrogens with one attached hydrogen (secondary N) is 2. The Morgan fingerprint density at radius 2 is 1.82 bits per heavy atom. The van der Waals surface area contributed by atoms with Gasteiger partial charge < -0.3 is 10.6 Å². The Hall–Kier alpha value is -1.96. The van der Waals surface area contributed by atoms with Gasteiger partial charge >= 0.3 is 0 Å². The van der Waals surface area contributed by atoms with E-state index in [1.165, 1.54) is 24.3 Å². The summed E-state index contributed by atoms with van der Waals surface area (Å²) in [6.45, 7) is 1.83. The minimum atomic E-state index is -0.423. The highest BCUT2D eigenvalue weighted by atomic mass is 127. The van der Waals surface area contributed by atoms with E-state index in [1.54, 1.807) is 6.07 Å². The number of anilines is 1. The van der Waals surface area contributed by atoms with Crippen molar-refractivity contribution in [2.45, 2.75) is 6.92 Å². The van der Waals surface area contributed by atoms with Gasteiger partial charge in [-0.05, 0) is 71.5 Å². The molecule has 0 bridgehead atoms. The summed E-state index contributed by atoms with van der Waals surface area (Å²) in [6, 6.07) is 10.7. The van der Waals surface area contributed by atoms with E-state index in [1.807, 2.05) is 19.1 Å². The van der Waals surface area contributed by atoms with Gasteiger partial charge in [-0.25, -0.2) is 4.39 Å². The van der Waals surface area contributed by atoms with Gasteiger partial charge in [0, 0.05) is 14.8 Å². The van der Waals surface area contributed by atoms with Crippen LogP contribution in [0.4, 0.5) is 10.1 Å². The molecule has 2 aromatic rings. The lowest BCUT2D eigenvalue weighted by Gasteiger charge is -2.08. The summed E-state index contributed by atoms with van der Waals surface area (Å²) in [7, 11) is 0. The summed E-state index contributed by atoms with van der Waals surface area (Å²) in [5.74, 6) is -1.16. The summed E-state index contributed by atoms with van der Waals surface area (Å²) in [6.07, 6.45) is 0. The van der Waals surface area contributed by atoms with Crippen LogP contribution >= 0.6 is 22.6 Å². The van der Waals surface area contributed by atoms with Crippen LogP contribution in [0, 0.1) is 16.3 Å². The van der Waals surface area contributed by atoms with E-state index < -0.39 is 11.7 Å². The van der Waals surface area contributed by atoms with Crippen LogP contribution in [0.3, 0.4) is 0 Å². The van der Waals surface area contributed by atoms with Gasteiger partial charge in [0.25, 0.3) is 5.91 Å². The molecule has 2 N–H and O–H groups in total. The van der Waals surface area contributed by atoms with Gasteiger partial charge in [0.1, 0.15) is 5.82 Å². The van der Waals surface area contributed by atoms with E-state index in [0.717, 1.165) is 9.13 Å². The second-order valence-corrected chi connectivity index (χ2v) is 5.86. The van der Waals surface area contributed by atoms with Gasteiger partial charge in [0.2, 0.25) is 5.91 Å². The summed E-state index contributed by atoms with van der Waals surface area (Å²) in [4.78, 5) is 23.6. The van der Waals surface area contributed by atoms with Gasteiger partial charge in [0.15, 0.2) is 0 Å². The molecule has 0 spiro atoms. The summed E-state index contributed by atoms with van der Waals surface area (Å²) in [5, 5.41) is 5.20. The number of carbonyl (C=O) groups excluding carboxylic acids is 2. The fraction of sp³-hybridized carbons (Fsp3) is 0.125. The number of carbonyl (C=O) groups is 2. The zero-order chi connectivity index (χ0) is 16.1. The lowest BCUT2D eigenvalue weighted by atomic mass is 10.2. The SMILES string of the molecule is Cc1ccc(NC(=O)CNC(=O)c2ccc(F)cc2)cc1I. The molecule has 2 aromatic carbocycles. The molecule has 2 rings (SSSR count). The highest BCUT2D eigenvalue weighted by Crippen LogP contribution is 2.16. The summed E-state index contributed by atoms with van der Waals surface area (Å²) >= 11 is 2.19. The van der Waals surface area contributed by atoms with Crippen LogP contribution in [0.25, 0.3) is 0 Å². The number of hydrogen-bond acceptors (Lipinski definition) is 2. The fourth-order valence-electron chi connectivity index (χ4n) is 1.74. The average molecular weight is 412 g/mol. The van der Waals surface area contributed by atoms with Crippen molar-refractivity contribution in [2.75, 3.05) is 11.9 Å². The fourth-order valence-corrected chi connectivity index (χ4v) is 2.25. The van der Waals surface area contributed by atoms with Crippen molar-refractivity contribution >= 4 is 40.1 Å². The molecule has 114 valence electrons. The van der Waals surface area contributed by atoms with Crippen molar-refractivity contribution in [2.24, 2.45) is 0 Å². The molecule has 0 aliphatic carbocycles. The van der Waals surface area contributed by atoms with E-state index >= 15 is 0 Å². The Balaban J connectivity index is 1.88. The molecule has 22 heavy (non-hydrogen) atoms. The molecule has 0 radical (unpaired) electrons. The first-order valence-corrected chi connectivity index (χ1v) is 7.63. The van der Waals surface area contributed by atoms with Gasteiger partial charge in [-0.1, -0.05) is 6.07 Å². The molecule has 0 atom stereocenters. The Bertz CT molecular complexity index is 702. The molecule has 0 heterocycles. The van der Waals surface area contributed by atoms with Crippen molar-refractivity contribution in [3.8, 4) is 0 Å². The van der Waals surface area contributed by atoms with E-state index in [-0.39, 0.29) is 12.5 Å². The summed E-state index contributed by atoms with van der Waals surface area (Å²) in [5.41, 5.74) is 2.11. The average Bonchev–Trinajstić information content (AvgIpc) is 2.49. The Morgan fingerprint density at radius 1 is 1.14 bits per heavy atom. The van der Waals surface area contributed by atoms with Crippen LogP contribution in [0.1, 0.15) is 15.9 Å². The zero-order valence-corrected chi connectivity index (χ0v) is 14.0. The predicted octanol–water partition coefficient (Wildman–Crippen LogP) is 3.11. The molecule has 0 aliphatic heterocycles. The monoisotopic (exact) mass is 412 g/mol. The quantitative estimate of drug-likeness (QED) is 0.759. The molecule has 0 aliphatic rings. The van der Waals surface area contributed by atoms with Crippen molar-refractivity contribution < 1.29 is 14.0 Å². The first-order chi connectivity index (χ1) is 10.5. The first kappa shape index (κ1) is 16.4. The molecule has 2 amide bonds. The predicted molar refractivity (Wildman–Crippen MR) is 91.3 cm³/mol. The van der Waals surface area contributed by atoms with Gasteiger partial charge in [-0.2, -0.15) is 0 Å². The van der Waals surface area contributed by atoms with Crippen LogP contribution in [-0.2, 0) is 4.79 Å². The minimum Gasteiger partial charge on any atom is -0.343 e. The molecule has 6 heteroatoms. The minimum absolute atomic E-state index is 0.152. The van der Waals surface area contributed by atoms with E-state index in [4.69, 9.17) is 0 Å². The molecule has 4 nitrogen and oxygen atoms in total. The standard InChI is InChI=1S/C16H14FIN2O2/c1-10-2-7-13(8-14(10)18)20-15(21)9-19-16(22)11-3-5-12(17)6-4-11/h2-8H,9H2,1H3,(H,19,22)(H,20,21). The van der Waals surface area contributed by atoms with Crippen molar-refractivity contribution in [3.05, 3.63) is 63.0 Å². The van der Waals surface area contributed by atoms with E-state index in [0.29, 0.717) is 11.3 Å². The van der Waals surface area contributed by atoms with Crippen molar-refractivity contribution in [1.82, 2.24) is 5.32 Å². The molecule has 0 aromatic heterocycles. The van der Waals surface area contributed by atoms with Gasteiger partial charge in [0.05, 0.1) is 6.54 Å². The van der Waals surface area contributed by atoms with Crippen LogP contribution < -0.4 is 10.6 Å². The number of halogens is 2. The molecule has 0 fully saturated rings. The lowest BCUT2D eigenvalue weighted by Crippen LogP contribution is -2.32. The smallest absolute Gasteiger partial charge is 0.251 e. The Labute approximate surface area is 141 Å². The number of benzene rings is 2. The van der Waals surface area contributed by atoms with Gasteiger partial charge in [-0.15, -0.1) is 0 Å². The van der Waals surface area contributed by atoms with Crippen molar-refractivity contribution in [1.29, 1.82) is 0 Å². The van der Waals surface area contributed by atoms with Gasteiger partial charge in [-0.3, -0.25) is 9.59 Å². The number of rotatable bonds is 4. The van der Waals surface area contributed by atoms with Crippen LogP contribution in [0.5, 0.6) is 0 Å². The third kappa shape index (κ3) is 4.52. The third-order valence-corrected chi connectivity index (χ3v) is 4.13. The maximum Gasteiger partial charge on any atom is 0.251 e. The molecule has 0 saturated heterocycles. The molecule has 0 unspecified atom stereocenters. The Kier molecular flexibility index (Phi) is 5.48. The van der Waals surface area contributed by atoms with E-state index in [9.17, 15) is 14.0 Å². The third-order valence-electron chi connectivity index (χ3n) is 2.97. The topological polar surface area (TPSA) is 58.2 Å². The Morgan fingerprint density at radius 3 is 2.45 bits per heavy atom. The highest BCUT2D eigenvalue weighted by Gasteiger charge is 2.08. The second-order valence-electron chi connectivity index (χ2n) is 4.70. The highest BCUT2D eigenvalue weighted by molar-refractivity contribution is 14.1. The normalized spacial score (nSPS) is 10.1. The lowest BCUT2D eigenvalue weighted by molar-refractivity contribution is -0.115. The van der Waals surface area contributed by atoms with Crippen LogP contribution in [0.15, 0.2) is 42.5 Å². The number of hydrogen-bond donors (Lipinski definition) is 2. The maximum absolute atomic E-state index is 12.8. The largest absolute Gasteiger partial charge is 0.343 e. The molecular weight excluding hydrogens is 398 g/mol. The first-order valence-electron chi connectivity index (χ1n) is 6.55.